The van der Waals surface area contributed by atoms with Gasteiger partial charge in [-0.05, 0) is 31.1 Å². The van der Waals surface area contributed by atoms with Gasteiger partial charge in [0.25, 0.3) is 0 Å². The standard InChI is InChI=1S/C14H28N2O2S/c1-14(2,3)7-11(9-17)15-13(18)8-16(4)12-5-6-19-10-12/h11-12,17H,5-10H2,1-4H3,(H,15,18). The zero-order valence-corrected chi connectivity index (χ0v) is 13.4. The predicted molar refractivity (Wildman–Crippen MR) is 81.4 cm³/mol. The molecule has 5 heteroatoms. The zero-order chi connectivity index (χ0) is 14.5. The van der Waals surface area contributed by atoms with Gasteiger partial charge in [-0.1, -0.05) is 20.8 Å². The number of thioether (sulfide) groups is 1. The second-order valence-electron chi connectivity index (χ2n) is 6.64. The molecule has 2 unspecified atom stereocenters. The molecule has 0 aromatic carbocycles. The first-order chi connectivity index (χ1) is 8.81. The number of likely N-dealkylation sites (N-methyl/N-ethyl adjacent to an activating group) is 1. The van der Waals surface area contributed by atoms with Gasteiger partial charge in [-0.25, -0.2) is 0 Å². The van der Waals surface area contributed by atoms with Gasteiger partial charge in [-0.2, -0.15) is 11.8 Å². The summed E-state index contributed by atoms with van der Waals surface area (Å²) >= 11 is 1.95. The lowest BCUT2D eigenvalue weighted by molar-refractivity contribution is -0.123. The average molecular weight is 288 g/mol. The van der Waals surface area contributed by atoms with E-state index in [1.165, 1.54) is 12.2 Å². The van der Waals surface area contributed by atoms with Crippen LogP contribution in [0.1, 0.15) is 33.6 Å². The summed E-state index contributed by atoms with van der Waals surface area (Å²) in [6.07, 6.45) is 1.96. The van der Waals surface area contributed by atoms with Crippen LogP contribution in [-0.2, 0) is 4.79 Å². The molecular weight excluding hydrogens is 260 g/mol. The van der Waals surface area contributed by atoms with Gasteiger partial charge in [0.2, 0.25) is 5.91 Å². The van der Waals surface area contributed by atoms with Crippen molar-refractivity contribution in [2.24, 2.45) is 5.41 Å². The third kappa shape index (κ3) is 6.63. The molecule has 1 rings (SSSR count). The maximum Gasteiger partial charge on any atom is 0.234 e. The van der Waals surface area contributed by atoms with Crippen LogP contribution in [0.4, 0.5) is 0 Å². The van der Waals surface area contributed by atoms with Gasteiger partial charge in [-0.15, -0.1) is 0 Å². The van der Waals surface area contributed by atoms with E-state index in [0.717, 1.165) is 12.2 Å². The fourth-order valence-electron chi connectivity index (χ4n) is 2.40. The number of nitrogens with zero attached hydrogens (tertiary/aromatic N) is 1. The molecule has 1 fully saturated rings. The highest BCUT2D eigenvalue weighted by atomic mass is 32.2. The molecule has 0 radical (unpaired) electrons. The van der Waals surface area contributed by atoms with Gasteiger partial charge in [-0.3, -0.25) is 9.69 Å². The minimum Gasteiger partial charge on any atom is -0.394 e. The van der Waals surface area contributed by atoms with Crippen molar-refractivity contribution in [2.75, 3.05) is 31.7 Å². The SMILES string of the molecule is CN(CC(=O)NC(CO)CC(C)(C)C)C1CCSC1. The van der Waals surface area contributed by atoms with Crippen LogP contribution < -0.4 is 5.32 Å². The number of carbonyl (C=O) groups excluding carboxylic acids is 1. The van der Waals surface area contributed by atoms with Crippen LogP contribution in [0, 0.1) is 5.41 Å². The van der Waals surface area contributed by atoms with Crippen LogP contribution in [0.25, 0.3) is 0 Å². The average Bonchev–Trinajstić information content (AvgIpc) is 2.79. The highest BCUT2D eigenvalue weighted by molar-refractivity contribution is 7.99. The van der Waals surface area contributed by atoms with Gasteiger partial charge >= 0.3 is 0 Å². The van der Waals surface area contributed by atoms with Gasteiger partial charge in [0.05, 0.1) is 19.2 Å². The summed E-state index contributed by atoms with van der Waals surface area (Å²) in [5, 5.41) is 12.3. The second-order valence-corrected chi connectivity index (χ2v) is 7.79. The van der Waals surface area contributed by atoms with Crippen molar-refractivity contribution in [3.8, 4) is 0 Å². The molecule has 1 saturated heterocycles. The predicted octanol–water partition coefficient (Wildman–Crippen LogP) is 1.34. The fraction of sp³-hybridized carbons (Fsp3) is 0.929. The number of hydrogen-bond donors (Lipinski definition) is 2. The third-order valence-corrected chi connectivity index (χ3v) is 4.51. The van der Waals surface area contributed by atoms with E-state index < -0.39 is 0 Å². The van der Waals surface area contributed by atoms with Gasteiger partial charge in [0, 0.05) is 11.8 Å². The van der Waals surface area contributed by atoms with Gasteiger partial charge in [0.1, 0.15) is 0 Å². The van der Waals surface area contributed by atoms with Gasteiger partial charge < -0.3 is 10.4 Å². The molecule has 0 bridgehead atoms. The monoisotopic (exact) mass is 288 g/mol. The first kappa shape index (κ1) is 16.8. The van der Waals surface area contributed by atoms with E-state index in [1.807, 2.05) is 18.8 Å². The number of carbonyl (C=O) groups is 1. The Hall–Kier alpha value is -0.260. The van der Waals surface area contributed by atoms with E-state index in [-0.39, 0.29) is 24.0 Å². The second kappa shape index (κ2) is 7.50. The summed E-state index contributed by atoms with van der Waals surface area (Å²) in [5.41, 5.74) is 0.106. The van der Waals surface area contributed by atoms with Crippen LogP contribution in [-0.4, -0.2) is 59.7 Å². The Kier molecular flexibility index (Phi) is 6.63. The topological polar surface area (TPSA) is 52.6 Å². The Labute approximate surface area is 121 Å². The van der Waals surface area contributed by atoms with Gasteiger partial charge in [0.15, 0.2) is 0 Å². The molecule has 112 valence electrons. The van der Waals surface area contributed by atoms with Crippen molar-refractivity contribution in [1.29, 1.82) is 0 Å². The number of rotatable bonds is 6. The van der Waals surface area contributed by atoms with Crippen molar-refractivity contribution in [3.05, 3.63) is 0 Å². The van der Waals surface area contributed by atoms with Crippen LogP contribution in [0.5, 0.6) is 0 Å². The highest BCUT2D eigenvalue weighted by Gasteiger charge is 2.24. The maximum absolute atomic E-state index is 12.0. The molecule has 1 aliphatic heterocycles. The summed E-state index contributed by atoms with van der Waals surface area (Å²) < 4.78 is 0. The molecule has 0 aromatic rings. The largest absolute Gasteiger partial charge is 0.394 e. The molecule has 2 N–H and O–H groups in total. The van der Waals surface area contributed by atoms with Crippen molar-refractivity contribution in [3.63, 3.8) is 0 Å². The summed E-state index contributed by atoms with van der Waals surface area (Å²) in [7, 11) is 2.01. The maximum atomic E-state index is 12.0. The molecule has 0 aromatic heterocycles. The van der Waals surface area contributed by atoms with E-state index in [9.17, 15) is 9.90 Å². The summed E-state index contributed by atoms with van der Waals surface area (Å²) in [6.45, 7) is 6.77. The zero-order valence-electron chi connectivity index (χ0n) is 12.6. The lowest BCUT2D eigenvalue weighted by Gasteiger charge is -2.27. The van der Waals surface area contributed by atoms with Crippen LogP contribution in [0.2, 0.25) is 0 Å². The van der Waals surface area contributed by atoms with E-state index in [1.54, 1.807) is 0 Å². The van der Waals surface area contributed by atoms with E-state index in [2.05, 4.69) is 31.0 Å². The van der Waals surface area contributed by atoms with Crippen LogP contribution in [0.3, 0.4) is 0 Å². The number of aliphatic hydroxyl groups is 1. The van der Waals surface area contributed by atoms with Crippen molar-refractivity contribution >= 4 is 17.7 Å². The highest BCUT2D eigenvalue weighted by Crippen LogP contribution is 2.22. The lowest BCUT2D eigenvalue weighted by atomic mass is 9.88. The molecule has 0 spiro atoms. The third-order valence-electron chi connectivity index (χ3n) is 3.37. The first-order valence-electron chi connectivity index (χ1n) is 7.00. The summed E-state index contributed by atoms with van der Waals surface area (Å²) in [6, 6.07) is 0.379. The number of aliphatic hydroxyl groups excluding tert-OH is 1. The molecule has 0 aliphatic carbocycles. The molecule has 1 amide bonds. The minimum absolute atomic E-state index is 0.00596. The Balaban J connectivity index is 2.35. The number of hydrogen-bond acceptors (Lipinski definition) is 4. The molecule has 1 heterocycles. The Bertz CT molecular complexity index is 286. The number of nitrogens with one attached hydrogen (secondary N) is 1. The molecule has 19 heavy (non-hydrogen) atoms. The van der Waals surface area contributed by atoms with Crippen molar-refractivity contribution in [1.82, 2.24) is 10.2 Å². The quantitative estimate of drug-likeness (QED) is 0.774. The Morgan fingerprint density at radius 2 is 2.21 bits per heavy atom. The minimum atomic E-state index is -0.140. The van der Waals surface area contributed by atoms with Crippen molar-refractivity contribution < 1.29 is 9.90 Å². The van der Waals surface area contributed by atoms with Crippen LogP contribution in [0.15, 0.2) is 0 Å². The normalized spacial score (nSPS) is 21.7. The van der Waals surface area contributed by atoms with Crippen LogP contribution >= 0.6 is 11.8 Å². The molecule has 0 saturated carbocycles. The molecule has 2 atom stereocenters. The Morgan fingerprint density at radius 1 is 1.53 bits per heavy atom. The Morgan fingerprint density at radius 3 is 2.68 bits per heavy atom. The smallest absolute Gasteiger partial charge is 0.234 e. The van der Waals surface area contributed by atoms with Crippen molar-refractivity contribution in [2.45, 2.75) is 45.7 Å². The first-order valence-corrected chi connectivity index (χ1v) is 8.15. The fourth-order valence-corrected chi connectivity index (χ4v) is 3.70. The number of amides is 1. The molecule has 4 nitrogen and oxygen atoms in total. The lowest BCUT2D eigenvalue weighted by Crippen LogP contribution is -2.46. The van der Waals surface area contributed by atoms with E-state index >= 15 is 0 Å². The summed E-state index contributed by atoms with van der Waals surface area (Å²) in [4.78, 5) is 14.1. The molecular formula is C14H28N2O2S. The molecule has 1 aliphatic rings. The van der Waals surface area contributed by atoms with E-state index in [0.29, 0.717) is 12.6 Å². The van der Waals surface area contributed by atoms with E-state index in [4.69, 9.17) is 0 Å². The summed E-state index contributed by atoms with van der Waals surface area (Å²) in [5.74, 6) is 2.33.